The van der Waals surface area contributed by atoms with E-state index < -0.39 is 0 Å². The third-order valence-electron chi connectivity index (χ3n) is 2.03. The number of thiazole rings is 1. The van der Waals surface area contributed by atoms with Gasteiger partial charge in [-0.15, -0.1) is 23.7 Å². The average Bonchev–Trinajstić information content (AvgIpc) is 2.71. The van der Waals surface area contributed by atoms with Crippen molar-refractivity contribution < 1.29 is 0 Å². The van der Waals surface area contributed by atoms with Crippen molar-refractivity contribution in [2.75, 3.05) is 6.54 Å². The summed E-state index contributed by atoms with van der Waals surface area (Å²) >= 11 is 1.63. The number of hydrogen-bond acceptors (Lipinski definition) is 3. The highest BCUT2D eigenvalue weighted by molar-refractivity contribution is 7.07. The zero-order valence-electron chi connectivity index (χ0n) is 8.49. The molecule has 1 aromatic rings. The molecule has 0 radical (unpaired) electrons. The van der Waals surface area contributed by atoms with Crippen LogP contribution in [0, 0.1) is 12.3 Å². The lowest BCUT2D eigenvalue weighted by Gasteiger charge is -2.14. The fraction of sp³-hybridized carbons (Fsp3) is 0.545. The smallest absolute Gasteiger partial charge is 0.0795 e. The van der Waals surface area contributed by atoms with Crippen molar-refractivity contribution >= 4 is 11.3 Å². The summed E-state index contributed by atoms with van der Waals surface area (Å²) in [4.78, 5) is 4.31. The second-order valence-corrected chi connectivity index (χ2v) is 3.88. The zero-order valence-corrected chi connectivity index (χ0v) is 9.31. The minimum Gasteiger partial charge on any atom is -0.309 e. The molecule has 76 valence electrons. The summed E-state index contributed by atoms with van der Waals surface area (Å²) in [5.74, 6) is 2.67. The molecule has 1 N–H and O–H groups in total. The molecule has 0 spiro atoms. The molecule has 1 unspecified atom stereocenters. The van der Waals surface area contributed by atoms with E-state index in [9.17, 15) is 0 Å². The minimum absolute atomic E-state index is 0.331. The molecule has 1 atom stereocenters. The van der Waals surface area contributed by atoms with Crippen LogP contribution in [0.1, 0.15) is 37.9 Å². The first kappa shape index (κ1) is 11.2. The number of nitrogens with zero attached hydrogens (tertiary/aromatic N) is 1. The molecule has 1 heterocycles. The molecular formula is C11H16N2S. The molecule has 0 saturated carbocycles. The quantitative estimate of drug-likeness (QED) is 0.727. The normalized spacial score (nSPS) is 12.3. The van der Waals surface area contributed by atoms with Crippen LogP contribution >= 0.6 is 11.3 Å². The summed E-state index contributed by atoms with van der Waals surface area (Å²) in [7, 11) is 0. The molecule has 0 amide bonds. The Morgan fingerprint density at radius 3 is 3.14 bits per heavy atom. The molecule has 1 rings (SSSR count). The molecule has 14 heavy (non-hydrogen) atoms. The third-order valence-corrected chi connectivity index (χ3v) is 2.63. The van der Waals surface area contributed by atoms with Crippen LogP contribution in [0.5, 0.6) is 0 Å². The maximum Gasteiger partial charge on any atom is 0.0795 e. The summed E-state index contributed by atoms with van der Waals surface area (Å²) in [6, 6.07) is 0.331. The van der Waals surface area contributed by atoms with Gasteiger partial charge in [-0.2, -0.15) is 0 Å². The minimum atomic E-state index is 0.331. The van der Waals surface area contributed by atoms with E-state index in [1.54, 1.807) is 11.3 Å². The first-order chi connectivity index (χ1) is 6.88. The van der Waals surface area contributed by atoms with Crippen molar-refractivity contribution in [1.82, 2.24) is 10.3 Å². The van der Waals surface area contributed by atoms with E-state index in [0.29, 0.717) is 6.04 Å². The van der Waals surface area contributed by atoms with Crippen molar-refractivity contribution in [2.45, 2.75) is 32.2 Å². The van der Waals surface area contributed by atoms with Gasteiger partial charge in [-0.05, 0) is 19.4 Å². The molecule has 2 nitrogen and oxygen atoms in total. The van der Waals surface area contributed by atoms with Crippen LogP contribution in [0.3, 0.4) is 0 Å². The summed E-state index contributed by atoms with van der Waals surface area (Å²) in [5, 5.41) is 5.54. The molecule has 0 bridgehead atoms. The molecule has 0 aliphatic rings. The zero-order chi connectivity index (χ0) is 10.2. The van der Waals surface area contributed by atoms with Gasteiger partial charge in [-0.3, -0.25) is 0 Å². The van der Waals surface area contributed by atoms with E-state index in [-0.39, 0.29) is 0 Å². The fourth-order valence-electron chi connectivity index (χ4n) is 1.29. The Labute approximate surface area is 89.8 Å². The summed E-state index contributed by atoms with van der Waals surface area (Å²) in [6.07, 6.45) is 8.18. The fourth-order valence-corrected chi connectivity index (χ4v) is 1.90. The van der Waals surface area contributed by atoms with Gasteiger partial charge in [0, 0.05) is 11.8 Å². The van der Waals surface area contributed by atoms with Gasteiger partial charge in [0.2, 0.25) is 0 Å². The van der Waals surface area contributed by atoms with Crippen molar-refractivity contribution in [3.63, 3.8) is 0 Å². The van der Waals surface area contributed by atoms with Gasteiger partial charge in [-0.1, -0.05) is 6.92 Å². The molecule has 1 aromatic heterocycles. The van der Waals surface area contributed by atoms with Crippen LogP contribution in [-0.4, -0.2) is 11.5 Å². The molecule has 0 aliphatic heterocycles. The van der Waals surface area contributed by atoms with E-state index in [1.165, 1.54) is 0 Å². The number of aromatic nitrogens is 1. The van der Waals surface area contributed by atoms with Crippen LogP contribution in [0.15, 0.2) is 10.9 Å². The maximum absolute atomic E-state index is 5.26. The van der Waals surface area contributed by atoms with Crippen LogP contribution in [-0.2, 0) is 0 Å². The van der Waals surface area contributed by atoms with E-state index in [4.69, 9.17) is 6.42 Å². The highest BCUT2D eigenvalue weighted by atomic mass is 32.1. The highest BCUT2D eigenvalue weighted by Gasteiger charge is 2.10. The van der Waals surface area contributed by atoms with Gasteiger partial charge >= 0.3 is 0 Å². The van der Waals surface area contributed by atoms with Crippen molar-refractivity contribution in [1.29, 1.82) is 0 Å². The predicted octanol–water partition coefficient (Wildman–Crippen LogP) is 2.60. The summed E-state index contributed by atoms with van der Waals surface area (Å²) < 4.78 is 0. The van der Waals surface area contributed by atoms with Crippen molar-refractivity contribution in [2.24, 2.45) is 0 Å². The van der Waals surface area contributed by atoms with Crippen LogP contribution in [0.25, 0.3) is 0 Å². The monoisotopic (exact) mass is 208 g/mol. The molecule has 0 aliphatic carbocycles. The van der Waals surface area contributed by atoms with Gasteiger partial charge in [0.1, 0.15) is 0 Å². The molecule has 0 saturated heterocycles. The Morgan fingerprint density at radius 2 is 2.57 bits per heavy atom. The standard InChI is InChI=1S/C11H16N2S/c1-3-5-6-10(12-7-4-2)11-8-14-9-13-11/h1,8-10,12H,4-7H2,2H3. The SMILES string of the molecule is C#CCCC(NCCC)c1cscn1. The van der Waals surface area contributed by atoms with Crippen LogP contribution < -0.4 is 5.32 Å². The number of hydrogen-bond donors (Lipinski definition) is 1. The third kappa shape index (κ3) is 3.49. The average molecular weight is 208 g/mol. The number of rotatable bonds is 6. The lowest BCUT2D eigenvalue weighted by Crippen LogP contribution is -2.22. The van der Waals surface area contributed by atoms with Gasteiger partial charge in [0.25, 0.3) is 0 Å². The Balaban J connectivity index is 2.49. The molecular weight excluding hydrogens is 192 g/mol. The lowest BCUT2D eigenvalue weighted by molar-refractivity contribution is 0.497. The summed E-state index contributed by atoms with van der Waals surface area (Å²) in [6.45, 7) is 3.18. The molecule has 3 heteroatoms. The Kier molecular flexibility index (Phi) is 5.28. The van der Waals surface area contributed by atoms with Gasteiger partial charge in [0.05, 0.1) is 17.2 Å². The molecule has 0 fully saturated rings. The largest absolute Gasteiger partial charge is 0.309 e. The Morgan fingerprint density at radius 1 is 1.71 bits per heavy atom. The maximum atomic E-state index is 5.26. The van der Waals surface area contributed by atoms with Crippen molar-refractivity contribution in [3.8, 4) is 12.3 Å². The lowest BCUT2D eigenvalue weighted by atomic mass is 10.1. The topological polar surface area (TPSA) is 24.9 Å². The van der Waals surface area contributed by atoms with Gasteiger partial charge in [-0.25, -0.2) is 4.98 Å². The number of nitrogens with one attached hydrogen (secondary N) is 1. The molecule has 0 aromatic carbocycles. The van der Waals surface area contributed by atoms with Crippen LogP contribution in [0.4, 0.5) is 0 Å². The summed E-state index contributed by atoms with van der Waals surface area (Å²) in [5.41, 5.74) is 2.99. The van der Waals surface area contributed by atoms with Crippen molar-refractivity contribution in [3.05, 3.63) is 16.6 Å². The number of terminal acetylenes is 1. The van der Waals surface area contributed by atoms with Gasteiger partial charge in [0.15, 0.2) is 0 Å². The first-order valence-electron chi connectivity index (χ1n) is 4.93. The van der Waals surface area contributed by atoms with E-state index >= 15 is 0 Å². The highest BCUT2D eigenvalue weighted by Crippen LogP contribution is 2.17. The first-order valence-corrected chi connectivity index (χ1v) is 5.87. The Bertz CT molecular complexity index is 274. The van der Waals surface area contributed by atoms with Crippen LogP contribution in [0.2, 0.25) is 0 Å². The second-order valence-electron chi connectivity index (χ2n) is 3.16. The van der Waals surface area contributed by atoms with E-state index in [0.717, 1.165) is 31.5 Å². The van der Waals surface area contributed by atoms with E-state index in [1.807, 2.05) is 5.51 Å². The Hall–Kier alpha value is -0.850. The van der Waals surface area contributed by atoms with E-state index in [2.05, 4.69) is 28.5 Å². The van der Waals surface area contributed by atoms with Gasteiger partial charge < -0.3 is 5.32 Å². The predicted molar refractivity (Wildman–Crippen MR) is 61.2 cm³/mol. The second kappa shape index (κ2) is 6.58.